The predicted molar refractivity (Wildman–Crippen MR) is 76.7 cm³/mol. The van der Waals surface area contributed by atoms with Crippen molar-refractivity contribution in [2.24, 2.45) is 11.8 Å². The average molecular weight is 250 g/mol. The Labute approximate surface area is 113 Å². The minimum absolute atomic E-state index is 0.788. The van der Waals surface area contributed by atoms with Gasteiger partial charge in [0.1, 0.15) is 0 Å². The van der Waals surface area contributed by atoms with Crippen molar-refractivity contribution in [1.82, 2.24) is 10.2 Å². The fourth-order valence-corrected chi connectivity index (χ4v) is 4.10. The van der Waals surface area contributed by atoms with Crippen LogP contribution in [-0.2, 0) is 0 Å². The van der Waals surface area contributed by atoms with Crippen molar-refractivity contribution in [3.63, 3.8) is 0 Å². The van der Waals surface area contributed by atoms with Crippen LogP contribution in [0.5, 0.6) is 0 Å². The molecule has 0 aromatic heterocycles. The maximum Gasteiger partial charge on any atom is 0.0198 e. The summed E-state index contributed by atoms with van der Waals surface area (Å²) in [5.41, 5.74) is 0. The molecule has 3 aliphatic rings. The molecule has 0 radical (unpaired) electrons. The van der Waals surface area contributed by atoms with E-state index in [0.717, 1.165) is 30.0 Å². The fraction of sp³-hybridized carbons (Fsp3) is 1.00. The molecule has 4 atom stereocenters. The molecule has 2 saturated carbocycles. The van der Waals surface area contributed by atoms with Gasteiger partial charge in [-0.15, -0.1) is 0 Å². The first-order valence-electron chi connectivity index (χ1n) is 8.24. The third-order valence-corrected chi connectivity index (χ3v) is 5.63. The molecule has 3 fully saturated rings. The highest BCUT2D eigenvalue weighted by Crippen LogP contribution is 2.34. The molecule has 0 amide bonds. The van der Waals surface area contributed by atoms with Crippen molar-refractivity contribution in [2.45, 2.75) is 76.9 Å². The monoisotopic (exact) mass is 250 g/mol. The van der Waals surface area contributed by atoms with Crippen LogP contribution in [0.4, 0.5) is 0 Å². The topological polar surface area (TPSA) is 15.3 Å². The second kappa shape index (κ2) is 5.50. The number of hydrogen-bond donors (Lipinski definition) is 1. The molecule has 104 valence electrons. The van der Waals surface area contributed by atoms with E-state index in [1.54, 1.807) is 0 Å². The minimum atomic E-state index is 0.788. The molecule has 1 N–H and O–H groups in total. The van der Waals surface area contributed by atoms with Gasteiger partial charge in [0.05, 0.1) is 0 Å². The lowest BCUT2D eigenvalue weighted by molar-refractivity contribution is 0.0540. The number of nitrogens with zero attached hydrogens (tertiary/aromatic N) is 1. The molecular weight excluding hydrogens is 220 g/mol. The lowest BCUT2D eigenvalue weighted by atomic mass is 9.77. The molecule has 2 heteroatoms. The van der Waals surface area contributed by atoms with E-state index in [1.807, 2.05) is 0 Å². The summed E-state index contributed by atoms with van der Waals surface area (Å²) in [6.45, 7) is 7.62. The van der Waals surface area contributed by atoms with E-state index in [0.29, 0.717) is 0 Å². The summed E-state index contributed by atoms with van der Waals surface area (Å²) in [4.78, 5) is 2.82. The van der Waals surface area contributed by atoms with E-state index >= 15 is 0 Å². The highest BCUT2D eigenvalue weighted by atomic mass is 15.2. The Kier molecular flexibility index (Phi) is 3.95. The van der Waals surface area contributed by atoms with Crippen LogP contribution in [-0.4, -0.2) is 36.1 Å². The maximum atomic E-state index is 3.85. The standard InChI is InChI=1S/C16H30N2/c1-12-5-3-7-16(13(12)2)18-10-4-6-15(11-18)17-14-8-9-14/h12-17H,3-11H2,1-2H3. The van der Waals surface area contributed by atoms with Gasteiger partial charge in [-0.25, -0.2) is 0 Å². The number of hydrogen-bond acceptors (Lipinski definition) is 2. The molecule has 1 aliphatic heterocycles. The zero-order valence-corrected chi connectivity index (χ0v) is 12.2. The van der Waals surface area contributed by atoms with E-state index in [2.05, 4.69) is 24.1 Å². The lowest BCUT2D eigenvalue weighted by Crippen LogP contribution is -2.53. The molecule has 2 nitrogen and oxygen atoms in total. The first-order chi connectivity index (χ1) is 8.74. The molecular formula is C16H30N2. The van der Waals surface area contributed by atoms with Gasteiger partial charge in [-0.3, -0.25) is 4.90 Å². The molecule has 0 bridgehead atoms. The molecule has 3 rings (SSSR count). The van der Waals surface area contributed by atoms with Crippen LogP contribution in [0.25, 0.3) is 0 Å². The smallest absolute Gasteiger partial charge is 0.0198 e. The zero-order valence-electron chi connectivity index (χ0n) is 12.2. The summed E-state index contributed by atoms with van der Waals surface area (Å²) >= 11 is 0. The van der Waals surface area contributed by atoms with Crippen molar-refractivity contribution in [2.75, 3.05) is 13.1 Å². The minimum Gasteiger partial charge on any atom is -0.310 e. The van der Waals surface area contributed by atoms with Crippen LogP contribution in [0.15, 0.2) is 0 Å². The van der Waals surface area contributed by atoms with E-state index in [-0.39, 0.29) is 0 Å². The maximum absolute atomic E-state index is 3.85. The number of piperidine rings is 1. The number of nitrogens with one attached hydrogen (secondary N) is 1. The highest BCUT2D eigenvalue weighted by Gasteiger charge is 2.35. The van der Waals surface area contributed by atoms with Crippen LogP contribution in [0.2, 0.25) is 0 Å². The SMILES string of the molecule is CC1CCCC(N2CCCC(NC3CC3)C2)C1C. The molecule has 0 aromatic carbocycles. The molecule has 0 spiro atoms. The largest absolute Gasteiger partial charge is 0.310 e. The van der Waals surface area contributed by atoms with Crippen LogP contribution < -0.4 is 5.32 Å². The Morgan fingerprint density at radius 1 is 0.889 bits per heavy atom. The second-order valence-corrected chi connectivity index (χ2v) is 7.11. The van der Waals surface area contributed by atoms with Gasteiger partial charge in [0.25, 0.3) is 0 Å². The van der Waals surface area contributed by atoms with Gasteiger partial charge in [0.15, 0.2) is 0 Å². The van der Waals surface area contributed by atoms with E-state index < -0.39 is 0 Å². The summed E-state index contributed by atoms with van der Waals surface area (Å²) in [6.07, 6.45) is 10.0. The Morgan fingerprint density at radius 2 is 1.72 bits per heavy atom. The molecule has 2 aliphatic carbocycles. The molecule has 0 aromatic rings. The first-order valence-corrected chi connectivity index (χ1v) is 8.24. The molecule has 1 saturated heterocycles. The van der Waals surface area contributed by atoms with E-state index in [9.17, 15) is 0 Å². The van der Waals surface area contributed by atoms with Crippen molar-refractivity contribution < 1.29 is 0 Å². The predicted octanol–water partition coefficient (Wildman–Crippen LogP) is 3.03. The quantitative estimate of drug-likeness (QED) is 0.828. The zero-order chi connectivity index (χ0) is 12.5. The van der Waals surface area contributed by atoms with Crippen molar-refractivity contribution in [3.05, 3.63) is 0 Å². The van der Waals surface area contributed by atoms with Gasteiger partial charge < -0.3 is 5.32 Å². The van der Waals surface area contributed by atoms with Gasteiger partial charge in [0, 0.05) is 24.7 Å². The van der Waals surface area contributed by atoms with Gasteiger partial charge in [-0.2, -0.15) is 0 Å². The average Bonchev–Trinajstić information content (AvgIpc) is 3.17. The van der Waals surface area contributed by atoms with Crippen LogP contribution >= 0.6 is 0 Å². The fourth-order valence-electron chi connectivity index (χ4n) is 4.10. The Bertz CT molecular complexity index is 274. The normalized spacial score (nSPS) is 43.0. The first kappa shape index (κ1) is 12.9. The second-order valence-electron chi connectivity index (χ2n) is 7.11. The lowest BCUT2D eigenvalue weighted by Gasteiger charge is -2.45. The van der Waals surface area contributed by atoms with E-state index in [1.165, 1.54) is 58.0 Å². The summed E-state index contributed by atoms with van der Waals surface area (Å²) in [6, 6.07) is 2.53. The van der Waals surface area contributed by atoms with Gasteiger partial charge in [-0.05, 0) is 50.5 Å². The van der Waals surface area contributed by atoms with Gasteiger partial charge in [-0.1, -0.05) is 26.7 Å². The number of rotatable bonds is 3. The van der Waals surface area contributed by atoms with Crippen LogP contribution in [0.1, 0.15) is 58.8 Å². The summed E-state index contributed by atoms with van der Waals surface area (Å²) in [7, 11) is 0. The highest BCUT2D eigenvalue weighted by molar-refractivity contribution is 4.92. The van der Waals surface area contributed by atoms with Crippen molar-refractivity contribution >= 4 is 0 Å². The number of likely N-dealkylation sites (tertiary alicyclic amines) is 1. The van der Waals surface area contributed by atoms with Gasteiger partial charge in [0.2, 0.25) is 0 Å². The van der Waals surface area contributed by atoms with Crippen LogP contribution in [0.3, 0.4) is 0 Å². The summed E-state index contributed by atoms with van der Waals surface area (Å²) in [5.74, 6) is 1.83. The molecule has 4 unspecified atom stereocenters. The van der Waals surface area contributed by atoms with E-state index in [4.69, 9.17) is 0 Å². The molecule has 1 heterocycles. The Hall–Kier alpha value is -0.0800. The van der Waals surface area contributed by atoms with Gasteiger partial charge >= 0.3 is 0 Å². The Balaban J connectivity index is 1.56. The third kappa shape index (κ3) is 2.91. The Morgan fingerprint density at radius 3 is 2.50 bits per heavy atom. The van der Waals surface area contributed by atoms with Crippen molar-refractivity contribution in [3.8, 4) is 0 Å². The summed E-state index contributed by atoms with van der Waals surface area (Å²) < 4.78 is 0. The van der Waals surface area contributed by atoms with Crippen molar-refractivity contribution in [1.29, 1.82) is 0 Å². The third-order valence-electron chi connectivity index (χ3n) is 5.63. The summed E-state index contributed by atoms with van der Waals surface area (Å²) in [5, 5.41) is 3.85. The molecule has 18 heavy (non-hydrogen) atoms. The van der Waals surface area contributed by atoms with Crippen LogP contribution in [0, 0.1) is 11.8 Å².